The molecule has 3 amide bonds. The number of rotatable bonds is 8. The maximum Gasteiger partial charge on any atom is 0.416 e. The summed E-state index contributed by atoms with van der Waals surface area (Å²) in [6.07, 6.45) is -3.28. The molecule has 13 heteroatoms. The first kappa shape index (κ1) is 30.2. The van der Waals surface area contributed by atoms with Gasteiger partial charge in [0.15, 0.2) is 18.1 Å². The summed E-state index contributed by atoms with van der Waals surface area (Å²) in [6, 6.07) is 12.7. The molecule has 0 radical (unpaired) electrons. The number of carbonyl (C=O) groups is 3. The number of carbonyl (C=O) groups excluding carboxylic acids is 3. The zero-order chi connectivity index (χ0) is 29.4. The van der Waals surface area contributed by atoms with E-state index in [0.717, 1.165) is 23.3 Å². The number of hydrogen-bond acceptors (Lipinski definition) is 6. The summed E-state index contributed by atoms with van der Waals surface area (Å²) in [5.74, 6) is -2.21. The number of benzene rings is 3. The first-order valence-corrected chi connectivity index (χ1v) is 12.4. The third-order valence-corrected chi connectivity index (χ3v) is 5.97. The number of hydrogen-bond donors (Lipinski definition) is 3. The highest BCUT2D eigenvalue weighted by atomic mass is 79.9. The molecule has 0 unspecified atom stereocenters. The maximum absolute atomic E-state index is 12.9. The Hall–Kier alpha value is -4.39. The van der Waals surface area contributed by atoms with Crippen molar-refractivity contribution in [2.45, 2.75) is 20.0 Å². The van der Waals surface area contributed by atoms with Crippen LogP contribution in [0.15, 0.2) is 64.2 Å². The van der Waals surface area contributed by atoms with E-state index in [9.17, 15) is 27.6 Å². The number of hydrazone groups is 1. The second-order valence-electron chi connectivity index (χ2n) is 8.37. The average molecular weight is 621 g/mol. The van der Waals surface area contributed by atoms with Gasteiger partial charge >= 0.3 is 18.0 Å². The van der Waals surface area contributed by atoms with Gasteiger partial charge in [0.2, 0.25) is 0 Å². The van der Waals surface area contributed by atoms with Gasteiger partial charge in [0, 0.05) is 11.4 Å². The molecule has 40 heavy (non-hydrogen) atoms. The quantitative estimate of drug-likeness (QED) is 0.182. The minimum absolute atomic E-state index is 0.0363. The standard InChI is InChI=1S/C27H24BrF3N4O5/c1-15-6-4-7-16(2)23(15)34-25(37)26(38)35-32-13-17-10-20(28)24(21(11-17)39-3)40-14-22(36)33-19-9-5-8-18(12-19)27(29,30)31/h4-13H,14H2,1-3H3,(H,33,36)(H,34,37)(H,35,38)/b32-13-. The van der Waals surface area contributed by atoms with E-state index in [-0.39, 0.29) is 17.2 Å². The fourth-order valence-electron chi connectivity index (χ4n) is 3.46. The molecule has 0 fully saturated rings. The van der Waals surface area contributed by atoms with Gasteiger partial charge in [0.05, 0.1) is 23.4 Å². The summed E-state index contributed by atoms with van der Waals surface area (Å²) < 4.78 is 49.9. The van der Waals surface area contributed by atoms with Crippen molar-refractivity contribution in [1.29, 1.82) is 0 Å². The van der Waals surface area contributed by atoms with Gasteiger partial charge in [0.1, 0.15) is 0 Å². The molecule has 0 saturated heterocycles. The minimum atomic E-state index is -4.55. The van der Waals surface area contributed by atoms with E-state index in [1.54, 1.807) is 32.0 Å². The van der Waals surface area contributed by atoms with E-state index in [1.807, 2.05) is 6.07 Å². The molecule has 0 saturated carbocycles. The third-order valence-electron chi connectivity index (χ3n) is 5.38. The first-order chi connectivity index (χ1) is 18.9. The minimum Gasteiger partial charge on any atom is -0.493 e. The number of nitrogens with zero attached hydrogens (tertiary/aromatic N) is 1. The molecular formula is C27H24BrF3N4O5. The molecule has 0 aliphatic heterocycles. The molecule has 3 N–H and O–H groups in total. The van der Waals surface area contributed by atoms with Crippen LogP contribution in [0, 0.1) is 13.8 Å². The van der Waals surface area contributed by atoms with Crippen molar-refractivity contribution in [2.24, 2.45) is 5.10 Å². The Morgan fingerprint density at radius 1 is 0.975 bits per heavy atom. The average Bonchev–Trinajstić information content (AvgIpc) is 2.89. The molecule has 210 valence electrons. The highest BCUT2D eigenvalue weighted by Gasteiger charge is 2.30. The maximum atomic E-state index is 12.9. The number of ether oxygens (including phenoxy) is 2. The van der Waals surface area contributed by atoms with Crippen LogP contribution in [0.25, 0.3) is 0 Å². The van der Waals surface area contributed by atoms with Crippen LogP contribution >= 0.6 is 15.9 Å². The second kappa shape index (κ2) is 13.1. The Morgan fingerprint density at radius 3 is 2.30 bits per heavy atom. The van der Waals surface area contributed by atoms with Crippen molar-refractivity contribution in [1.82, 2.24) is 5.43 Å². The third kappa shape index (κ3) is 8.06. The smallest absolute Gasteiger partial charge is 0.416 e. The Bertz CT molecular complexity index is 1440. The van der Waals surface area contributed by atoms with Crippen LogP contribution in [-0.4, -0.2) is 37.7 Å². The largest absolute Gasteiger partial charge is 0.493 e. The normalized spacial score (nSPS) is 11.2. The summed E-state index contributed by atoms with van der Waals surface area (Å²) in [5.41, 5.74) is 3.80. The number of methoxy groups -OCH3 is 1. The SMILES string of the molecule is COc1cc(/C=N\NC(=O)C(=O)Nc2c(C)cccc2C)cc(Br)c1OCC(=O)Nc1cccc(C(F)(F)F)c1. The van der Waals surface area contributed by atoms with Crippen LogP contribution < -0.4 is 25.5 Å². The molecule has 9 nitrogen and oxygen atoms in total. The van der Waals surface area contributed by atoms with E-state index in [4.69, 9.17) is 9.47 Å². The lowest BCUT2D eigenvalue weighted by molar-refractivity contribution is -0.137. The second-order valence-corrected chi connectivity index (χ2v) is 9.22. The molecule has 0 bridgehead atoms. The van der Waals surface area contributed by atoms with Gasteiger partial charge in [-0.3, -0.25) is 14.4 Å². The fourth-order valence-corrected chi connectivity index (χ4v) is 4.03. The number of aryl methyl sites for hydroxylation is 2. The van der Waals surface area contributed by atoms with Gasteiger partial charge in [-0.05, 0) is 76.8 Å². The lowest BCUT2D eigenvalue weighted by Crippen LogP contribution is -2.32. The van der Waals surface area contributed by atoms with Crippen LogP contribution in [0.4, 0.5) is 24.5 Å². The Kier molecular flexibility index (Phi) is 9.88. The zero-order valence-corrected chi connectivity index (χ0v) is 23.1. The molecule has 0 aliphatic carbocycles. The number of halogens is 4. The molecule has 0 aliphatic rings. The van der Waals surface area contributed by atoms with Crippen molar-refractivity contribution in [2.75, 3.05) is 24.4 Å². The summed E-state index contributed by atoms with van der Waals surface area (Å²) in [4.78, 5) is 36.7. The van der Waals surface area contributed by atoms with Gasteiger partial charge in [-0.25, -0.2) is 5.43 Å². The van der Waals surface area contributed by atoms with Gasteiger partial charge in [-0.2, -0.15) is 18.3 Å². The fraction of sp³-hybridized carbons (Fsp3) is 0.185. The van der Waals surface area contributed by atoms with Crippen LogP contribution in [-0.2, 0) is 20.6 Å². The predicted molar refractivity (Wildman–Crippen MR) is 147 cm³/mol. The highest BCUT2D eigenvalue weighted by molar-refractivity contribution is 9.10. The van der Waals surface area contributed by atoms with E-state index >= 15 is 0 Å². The summed E-state index contributed by atoms with van der Waals surface area (Å²) in [6.45, 7) is 3.09. The van der Waals surface area contributed by atoms with Crippen molar-refractivity contribution in [3.05, 3.63) is 81.3 Å². The number of amides is 3. The Labute approximate surface area is 235 Å². The van der Waals surface area contributed by atoms with Crippen molar-refractivity contribution >= 4 is 51.2 Å². The van der Waals surface area contributed by atoms with E-state index in [1.165, 1.54) is 31.5 Å². The van der Waals surface area contributed by atoms with E-state index in [0.29, 0.717) is 15.7 Å². The van der Waals surface area contributed by atoms with Crippen LogP contribution in [0.5, 0.6) is 11.5 Å². The van der Waals surface area contributed by atoms with Gasteiger partial charge in [-0.1, -0.05) is 24.3 Å². The molecule has 3 aromatic rings. The molecule has 0 atom stereocenters. The number of nitrogens with one attached hydrogen (secondary N) is 3. The molecule has 0 spiro atoms. The van der Waals surface area contributed by atoms with Gasteiger partial charge in [0.25, 0.3) is 5.91 Å². The van der Waals surface area contributed by atoms with Crippen LogP contribution in [0.1, 0.15) is 22.3 Å². The predicted octanol–water partition coefficient (Wildman–Crippen LogP) is 5.20. The van der Waals surface area contributed by atoms with E-state index < -0.39 is 36.1 Å². The van der Waals surface area contributed by atoms with Crippen LogP contribution in [0.2, 0.25) is 0 Å². The first-order valence-electron chi connectivity index (χ1n) is 11.6. The van der Waals surface area contributed by atoms with Crippen molar-refractivity contribution in [3.63, 3.8) is 0 Å². The van der Waals surface area contributed by atoms with Gasteiger partial charge in [-0.15, -0.1) is 0 Å². The zero-order valence-electron chi connectivity index (χ0n) is 21.5. The topological polar surface area (TPSA) is 118 Å². The molecule has 3 aromatic carbocycles. The number of alkyl halides is 3. The molecular weight excluding hydrogens is 597 g/mol. The monoisotopic (exact) mass is 620 g/mol. The molecule has 3 rings (SSSR count). The van der Waals surface area contributed by atoms with Crippen molar-refractivity contribution < 1.29 is 37.0 Å². The highest BCUT2D eigenvalue weighted by Crippen LogP contribution is 2.36. The van der Waals surface area contributed by atoms with Crippen molar-refractivity contribution in [3.8, 4) is 11.5 Å². The molecule has 0 aromatic heterocycles. The lowest BCUT2D eigenvalue weighted by atomic mass is 10.1. The Balaban J connectivity index is 1.60. The lowest BCUT2D eigenvalue weighted by Gasteiger charge is -2.14. The summed E-state index contributed by atoms with van der Waals surface area (Å²) in [5, 5.41) is 8.70. The number of anilines is 2. The number of para-hydroxylation sites is 1. The Morgan fingerprint density at radius 2 is 1.65 bits per heavy atom. The van der Waals surface area contributed by atoms with E-state index in [2.05, 4.69) is 37.1 Å². The summed E-state index contributed by atoms with van der Waals surface area (Å²) in [7, 11) is 1.36. The molecule has 0 heterocycles. The van der Waals surface area contributed by atoms with Crippen LogP contribution in [0.3, 0.4) is 0 Å². The van der Waals surface area contributed by atoms with Gasteiger partial charge < -0.3 is 20.1 Å². The summed E-state index contributed by atoms with van der Waals surface area (Å²) >= 11 is 3.31.